The molecule has 166 valence electrons. The van der Waals surface area contributed by atoms with Crippen LogP contribution in [0, 0.1) is 0 Å². The summed E-state index contributed by atoms with van der Waals surface area (Å²) >= 11 is 0. The number of amides is 2. The Morgan fingerprint density at radius 2 is 1.72 bits per heavy atom. The van der Waals surface area contributed by atoms with Crippen molar-refractivity contribution in [3.05, 3.63) is 75.8 Å². The second-order valence-electron chi connectivity index (χ2n) is 8.10. The third-order valence-corrected chi connectivity index (χ3v) is 5.84. The van der Waals surface area contributed by atoms with Crippen molar-refractivity contribution in [2.24, 2.45) is 5.73 Å². The zero-order valence-corrected chi connectivity index (χ0v) is 17.9. The summed E-state index contributed by atoms with van der Waals surface area (Å²) < 4.78 is 0. The van der Waals surface area contributed by atoms with Gasteiger partial charge in [0.15, 0.2) is 0 Å². The van der Waals surface area contributed by atoms with Gasteiger partial charge in [0.2, 0.25) is 11.8 Å². The van der Waals surface area contributed by atoms with Crippen molar-refractivity contribution < 1.29 is 9.59 Å². The number of para-hydroxylation sites is 1. The maximum atomic E-state index is 12.6. The van der Waals surface area contributed by atoms with E-state index in [0.29, 0.717) is 54.6 Å². The van der Waals surface area contributed by atoms with Gasteiger partial charge in [-0.3, -0.25) is 19.3 Å². The predicted octanol–water partition coefficient (Wildman–Crippen LogP) is 1.69. The number of carbonyl (C=O) groups is 2. The summed E-state index contributed by atoms with van der Waals surface area (Å²) in [7, 11) is 0. The van der Waals surface area contributed by atoms with Crippen molar-refractivity contribution in [2.75, 3.05) is 26.2 Å². The molecule has 0 radical (unpaired) electrons. The molecule has 8 nitrogen and oxygen atoms in total. The van der Waals surface area contributed by atoms with Crippen LogP contribution in [0.2, 0.25) is 0 Å². The largest absolute Gasteiger partial charge is 0.366 e. The number of aryl methyl sites for hydroxylation is 1. The Balaban J connectivity index is 1.22. The Morgan fingerprint density at radius 3 is 2.44 bits per heavy atom. The summed E-state index contributed by atoms with van der Waals surface area (Å²) in [6.45, 7) is 3.79. The zero-order valence-electron chi connectivity index (χ0n) is 17.9. The van der Waals surface area contributed by atoms with Crippen LogP contribution in [-0.2, 0) is 17.8 Å². The van der Waals surface area contributed by atoms with E-state index in [2.05, 4.69) is 14.9 Å². The highest BCUT2D eigenvalue weighted by molar-refractivity contribution is 5.92. The van der Waals surface area contributed by atoms with Crippen molar-refractivity contribution in [1.82, 2.24) is 19.8 Å². The number of aromatic nitrogens is 2. The van der Waals surface area contributed by atoms with E-state index in [1.54, 1.807) is 18.2 Å². The molecule has 1 aliphatic rings. The highest BCUT2D eigenvalue weighted by atomic mass is 16.2. The zero-order chi connectivity index (χ0) is 22.5. The topological polar surface area (TPSA) is 112 Å². The molecule has 1 aliphatic heterocycles. The fourth-order valence-corrected chi connectivity index (χ4v) is 4.01. The molecule has 2 heterocycles. The van der Waals surface area contributed by atoms with Gasteiger partial charge in [-0.1, -0.05) is 24.3 Å². The molecule has 8 heteroatoms. The average Bonchev–Trinajstić information content (AvgIpc) is 2.80. The molecular weight excluding hydrogens is 406 g/mol. The SMILES string of the molecule is NC(=O)c1ccc(CN2CCN(C(=O)CCCc3nc4ccccc4c(=O)[nH]3)CC2)cc1. The molecule has 1 saturated heterocycles. The van der Waals surface area contributed by atoms with E-state index >= 15 is 0 Å². The molecule has 0 spiro atoms. The van der Waals surface area contributed by atoms with Gasteiger partial charge in [0, 0.05) is 51.1 Å². The lowest BCUT2D eigenvalue weighted by molar-refractivity contribution is -0.133. The first-order chi connectivity index (χ1) is 15.5. The number of nitrogens with one attached hydrogen (secondary N) is 1. The number of rotatable bonds is 7. The second-order valence-corrected chi connectivity index (χ2v) is 8.10. The van der Waals surface area contributed by atoms with Gasteiger partial charge in [-0.2, -0.15) is 0 Å². The van der Waals surface area contributed by atoms with Crippen LogP contribution in [0.5, 0.6) is 0 Å². The average molecular weight is 434 g/mol. The number of primary amides is 1. The van der Waals surface area contributed by atoms with Crippen LogP contribution in [0.4, 0.5) is 0 Å². The number of nitrogens with two attached hydrogens (primary N) is 1. The number of aromatic amines is 1. The second kappa shape index (κ2) is 9.74. The number of hydrogen-bond acceptors (Lipinski definition) is 5. The molecule has 0 atom stereocenters. The molecule has 2 aromatic carbocycles. The smallest absolute Gasteiger partial charge is 0.258 e. The minimum atomic E-state index is -0.425. The summed E-state index contributed by atoms with van der Waals surface area (Å²) in [4.78, 5) is 47.5. The standard InChI is InChI=1S/C24H27N5O3/c25-23(31)18-10-8-17(9-11-18)16-28-12-14-29(15-13-28)22(30)7-3-6-21-26-20-5-2-1-4-19(20)24(32)27-21/h1-2,4-5,8-11H,3,6-7,12-16H2,(H2,25,31)(H,26,27,32). The Labute approximate surface area is 186 Å². The molecule has 3 aromatic rings. The molecule has 3 N–H and O–H groups in total. The molecular formula is C24H27N5O3. The van der Waals surface area contributed by atoms with Gasteiger partial charge in [0.1, 0.15) is 5.82 Å². The first-order valence-electron chi connectivity index (χ1n) is 10.9. The van der Waals surface area contributed by atoms with Gasteiger partial charge in [0.05, 0.1) is 10.9 Å². The van der Waals surface area contributed by atoms with E-state index in [1.165, 1.54) is 0 Å². The quantitative estimate of drug-likeness (QED) is 0.589. The number of carbonyl (C=O) groups excluding carboxylic acids is 2. The van der Waals surface area contributed by atoms with Crippen LogP contribution >= 0.6 is 0 Å². The normalized spacial score (nSPS) is 14.6. The van der Waals surface area contributed by atoms with Crippen molar-refractivity contribution in [3.63, 3.8) is 0 Å². The van der Waals surface area contributed by atoms with Gasteiger partial charge >= 0.3 is 0 Å². The van der Waals surface area contributed by atoms with Gasteiger partial charge in [0.25, 0.3) is 5.56 Å². The van der Waals surface area contributed by atoms with E-state index < -0.39 is 5.91 Å². The molecule has 2 amide bonds. The Kier molecular flexibility index (Phi) is 6.61. The third-order valence-electron chi connectivity index (χ3n) is 5.84. The van der Waals surface area contributed by atoms with Crippen molar-refractivity contribution >= 4 is 22.7 Å². The van der Waals surface area contributed by atoms with E-state index in [4.69, 9.17) is 5.73 Å². The minimum absolute atomic E-state index is 0.138. The molecule has 0 unspecified atom stereocenters. The lowest BCUT2D eigenvalue weighted by Crippen LogP contribution is -2.48. The molecule has 1 aromatic heterocycles. The Bertz CT molecular complexity index is 1160. The number of hydrogen-bond donors (Lipinski definition) is 2. The molecule has 0 saturated carbocycles. The fourth-order valence-electron chi connectivity index (χ4n) is 4.01. The molecule has 32 heavy (non-hydrogen) atoms. The number of piperazine rings is 1. The first-order valence-corrected chi connectivity index (χ1v) is 10.9. The highest BCUT2D eigenvalue weighted by Gasteiger charge is 2.21. The van der Waals surface area contributed by atoms with Crippen molar-refractivity contribution in [3.8, 4) is 0 Å². The van der Waals surface area contributed by atoms with Crippen LogP contribution in [0.3, 0.4) is 0 Å². The summed E-state index contributed by atoms with van der Waals surface area (Å²) in [6, 6.07) is 14.6. The maximum absolute atomic E-state index is 12.6. The number of nitrogens with zero attached hydrogens (tertiary/aromatic N) is 3. The van der Waals surface area contributed by atoms with E-state index in [9.17, 15) is 14.4 Å². The molecule has 4 rings (SSSR count). The van der Waals surface area contributed by atoms with E-state index in [-0.39, 0.29) is 11.5 Å². The lowest BCUT2D eigenvalue weighted by atomic mass is 10.1. The maximum Gasteiger partial charge on any atom is 0.258 e. The lowest BCUT2D eigenvalue weighted by Gasteiger charge is -2.34. The van der Waals surface area contributed by atoms with Crippen LogP contribution in [0.1, 0.15) is 34.6 Å². The monoisotopic (exact) mass is 433 g/mol. The van der Waals surface area contributed by atoms with E-state index in [1.807, 2.05) is 35.2 Å². The van der Waals surface area contributed by atoms with Gasteiger partial charge in [-0.25, -0.2) is 4.98 Å². The number of benzene rings is 2. The van der Waals surface area contributed by atoms with Gasteiger partial charge < -0.3 is 15.6 Å². The minimum Gasteiger partial charge on any atom is -0.366 e. The predicted molar refractivity (Wildman–Crippen MR) is 122 cm³/mol. The molecule has 1 fully saturated rings. The summed E-state index contributed by atoms with van der Waals surface area (Å²) in [5.74, 6) is 0.332. The van der Waals surface area contributed by atoms with Gasteiger partial charge in [-0.15, -0.1) is 0 Å². The fraction of sp³-hybridized carbons (Fsp3) is 0.333. The summed E-state index contributed by atoms with van der Waals surface area (Å²) in [5.41, 5.74) is 7.44. The van der Waals surface area contributed by atoms with Gasteiger partial charge in [-0.05, 0) is 36.2 Å². The molecule has 0 aliphatic carbocycles. The third kappa shape index (κ3) is 5.20. The number of fused-ring (bicyclic) bond motifs is 1. The van der Waals surface area contributed by atoms with Crippen LogP contribution in [0.25, 0.3) is 10.9 Å². The van der Waals surface area contributed by atoms with Crippen molar-refractivity contribution in [1.29, 1.82) is 0 Å². The Hall–Kier alpha value is -3.52. The van der Waals surface area contributed by atoms with Crippen molar-refractivity contribution in [2.45, 2.75) is 25.8 Å². The summed E-state index contributed by atoms with van der Waals surface area (Å²) in [5, 5.41) is 0.578. The van der Waals surface area contributed by atoms with Crippen LogP contribution < -0.4 is 11.3 Å². The summed E-state index contributed by atoms with van der Waals surface area (Å²) in [6.07, 6.45) is 1.64. The van der Waals surface area contributed by atoms with Crippen LogP contribution in [-0.4, -0.2) is 57.8 Å². The van der Waals surface area contributed by atoms with Crippen LogP contribution in [0.15, 0.2) is 53.3 Å². The Morgan fingerprint density at radius 1 is 1.00 bits per heavy atom. The molecule has 0 bridgehead atoms. The number of H-pyrrole nitrogens is 1. The first kappa shape index (κ1) is 21.7. The van der Waals surface area contributed by atoms with E-state index in [0.717, 1.165) is 25.2 Å². The highest BCUT2D eigenvalue weighted by Crippen LogP contribution is 2.12.